The van der Waals surface area contributed by atoms with Gasteiger partial charge in [0, 0.05) is 58.5 Å². The summed E-state index contributed by atoms with van der Waals surface area (Å²) < 4.78 is 5.31. The SMILES string of the molecule is CCCCCCc1ccc(-c2ccc(-c3ccc(-c4ccc(C(=O)OC(=O)c5ccc(-c6ccc(-c7ccc(-c8ccc(CCCCCC)s8)s7)s6)cc5)cc4)s3)s2)s1. The number of hydrogen-bond donors (Lipinski definition) is 0. The summed E-state index contributed by atoms with van der Waals surface area (Å²) in [4.78, 5) is 41.5. The van der Waals surface area contributed by atoms with Gasteiger partial charge in [-0.2, -0.15) is 0 Å². The fourth-order valence-corrected chi connectivity index (χ4v) is 13.4. The Labute approximate surface area is 371 Å². The molecular weight excluding hydrogens is 841 g/mol. The number of hydrogen-bond acceptors (Lipinski definition) is 9. The molecule has 0 N–H and O–H groups in total. The molecular formula is C50H46O3S6. The molecule has 0 amide bonds. The van der Waals surface area contributed by atoms with Crippen molar-refractivity contribution >= 4 is 80.0 Å². The van der Waals surface area contributed by atoms with E-state index in [0.29, 0.717) is 11.1 Å². The van der Waals surface area contributed by atoms with Gasteiger partial charge < -0.3 is 4.74 Å². The second-order valence-electron chi connectivity index (χ2n) is 14.6. The monoisotopic (exact) mass is 886 g/mol. The topological polar surface area (TPSA) is 43.4 Å². The van der Waals surface area contributed by atoms with Crippen molar-refractivity contribution in [3.05, 3.63) is 142 Å². The van der Waals surface area contributed by atoms with Crippen LogP contribution in [0.4, 0.5) is 0 Å². The molecule has 3 nitrogen and oxygen atoms in total. The molecule has 0 bridgehead atoms. The van der Waals surface area contributed by atoms with E-state index in [0.717, 1.165) is 20.9 Å². The number of esters is 2. The molecule has 59 heavy (non-hydrogen) atoms. The Hall–Kier alpha value is -4.22. The molecule has 0 saturated heterocycles. The number of rotatable bonds is 18. The highest BCUT2D eigenvalue weighted by atomic mass is 32.1. The van der Waals surface area contributed by atoms with Crippen LogP contribution in [0.3, 0.4) is 0 Å². The highest BCUT2D eigenvalue weighted by molar-refractivity contribution is 7.28. The Balaban J connectivity index is 0.838. The fraction of sp³-hybridized carbons (Fsp3) is 0.240. The highest BCUT2D eigenvalue weighted by Crippen LogP contribution is 2.44. The largest absolute Gasteiger partial charge is 0.386 e. The number of carbonyl (C=O) groups excluding carboxylic acids is 2. The van der Waals surface area contributed by atoms with Gasteiger partial charge in [-0.1, -0.05) is 76.6 Å². The summed E-state index contributed by atoms with van der Waals surface area (Å²) in [5, 5.41) is 0. The molecule has 0 saturated carbocycles. The van der Waals surface area contributed by atoms with Gasteiger partial charge in [-0.05, 0) is 134 Å². The third kappa shape index (κ3) is 10.4. The average molecular weight is 887 g/mol. The molecule has 0 atom stereocenters. The average Bonchev–Trinajstić information content (AvgIpc) is 4.11. The zero-order valence-corrected chi connectivity index (χ0v) is 38.2. The van der Waals surface area contributed by atoms with Gasteiger partial charge in [-0.15, -0.1) is 68.0 Å². The lowest BCUT2D eigenvalue weighted by molar-refractivity contribution is 0.0397. The van der Waals surface area contributed by atoms with Crippen molar-refractivity contribution in [3.8, 4) is 59.9 Å². The number of ether oxygens (including phenoxy) is 1. The van der Waals surface area contributed by atoms with E-state index in [1.54, 1.807) is 46.9 Å². The molecule has 8 aromatic rings. The summed E-state index contributed by atoms with van der Waals surface area (Å²) in [6.07, 6.45) is 12.7. The molecule has 0 aliphatic rings. The van der Waals surface area contributed by atoms with Crippen molar-refractivity contribution in [2.75, 3.05) is 0 Å². The molecule has 0 spiro atoms. The first-order valence-electron chi connectivity index (χ1n) is 20.5. The van der Waals surface area contributed by atoms with Crippen LogP contribution in [0.1, 0.15) is 95.7 Å². The van der Waals surface area contributed by atoms with Gasteiger partial charge in [0.05, 0.1) is 11.1 Å². The Morgan fingerprint density at radius 2 is 0.661 bits per heavy atom. The van der Waals surface area contributed by atoms with Gasteiger partial charge in [-0.25, -0.2) is 9.59 Å². The molecule has 0 aliphatic heterocycles. The molecule has 9 heteroatoms. The highest BCUT2D eigenvalue weighted by Gasteiger charge is 2.17. The maximum atomic E-state index is 13.0. The molecule has 2 aromatic carbocycles. The first kappa shape index (κ1) is 41.5. The molecule has 6 aromatic heterocycles. The molecule has 300 valence electrons. The van der Waals surface area contributed by atoms with Crippen LogP contribution in [0.2, 0.25) is 0 Å². The zero-order chi connectivity index (χ0) is 40.6. The maximum absolute atomic E-state index is 13.0. The van der Waals surface area contributed by atoms with Crippen LogP contribution in [0.15, 0.2) is 121 Å². The lowest BCUT2D eigenvalue weighted by atomic mass is 10.1. The molecule has 6 heterocycles. The number of carbonyl (C=O) groups is 2. The van der Waals surface area contributed by atoms with E-state index in [4.69, 9.17) is 4.74 Å². The number of thiophene rings is 6. The summed E-state index contributed by atoms with van der Waals surface area (Å²) in [7, 11) is 0. The lowest BCUT2D eigenvalue weighted by Crippen LogP contribution is -2.12. The molecule has 8 rings (SSSR count). The van der Waals surface area contributed by atoms with Crippen LogP contribution >= 0.6 is 68.0 Å². The minimum absolute atomic E-state index is 0.337. The van der Waals surface area contributed by atoms with Crippen molar-refractivity contribution in [2.24, 2.45) is 0 Å². The third-order valence-electron chi connectivity index (χ3n) is 10.3. The molecule has 0 radical (unpaired) electrons. The summed E-state index contributed by atoms with van der Waals surface area (Å²) in [5.41, 5.74) is 2.71. The van der Waals surface area contributed by atoms with Crippen molar-refractivity contribution in [3.63, 3.8) is 0 Å². The summed E-state index contributed by atoms with van der Waals surface area (Å²) in [6.45, 7) is 4.51. The number of unbranched alkanes of at least 4 members (excludes halogenated alkanes) is 6. The van der Waals surface area contributed by atoms with Crippen molar-refractivity contribution < 1.29 is 14.3 Å². The van der Waals surface area contributed by atoms with Crippen LogP contribution < -0.4 is 0 Å². The summed E-state index contributed by atoms with van der Waals surface area (Å²) in [5.74, 6) is -1.32. The van der Waals surface area contributed by atoms with E-state index in [1.807, 2.05) is 69.6 Å². The van der Waals surface area contributed by atoms with E-state index < -0.39 is 11.9 Å². The Bertz CT molecular complexity index is 2420. The lowest BCUT2D eigenvalue weighted by Gasteiger charge is -2.05. The van der Waals surface area contributed by atoms with E-state index in [2.05, 4.69) is 86.6 Å². The van der Waals surface area contributed by atoms with Crippen molar-refractivity contribution in [2.45, 2.75) is 78.1 Å². The van der Waals surface area contributed by atoms with Gasteiger partial charge in [0.1, 0.15) is 0 Å². The smallest absolute Gasteiger partial charge is 0.346 e. The van der Waals surface area contributed by atoms with Gasteiger partial charge in [0.25, 0.3) is 0 Å². The van der Waals surface area contributed by atoms with Crippen LogP contribution in [0, 0.1) is 0 Å². The zero-order valence-electron chi connectivity index (χ0n) is 33.3. The van der Waals surface area contributed by atoms with Gasteiger partial charge >= 0.3 is 11.9 Å². The van der Waals surface area contributed by atoms with Crippen molar-refractivity contribution in [1.29, 1.82) is 0 Å². The van der Waals surface area contributed by atoms with Crippen LogP contribution in [-0.2, 0) is 17.6 Å². The van der Waals surface area contributed by atoms with Crippen LogP contribution in [0.5, 0.6) is 0 Å². The Kier molecular flexibility index (Phi) is 14.0. The summed E-state index contributed by atoms with van der Waals surface area (Å²) >= 11 is 11.0. The quantitative estimate of drug-likeness (QED) is 0.0490. The van der Waals surface area contributed by atoms with E-state index in [-0.39, 0.29) is 0 Å². The van der Waals surface area contributed by atoms with E-state index >= 15 is 0 Å². The normalized spacial score (nSPS) is 11.4. The van der Waals surface area contributed by atoms with Crippen molar-refractivity contribution in [1.82, 2.24) is 0 Å². The van der Waals surface area contributed by atoms with Crippen LogP contribution in [-0.4, -0.2) is 11.9 Å². The minimum atomic E-state index is -0.662. The van der Waals surface area contributed by atoms with Gasteiger partial charge in [-0.3, -0.25) is 0 Å². The third-order valence-corrected chi connectivity index (χ3v) is 17.8. The molecule has 0 unspecified atom stereocenters. The fourth-order valence-electron chi connectivity index (χ4n) is 6.94. The first-order valence-corrected chi connectivity index (χ1v) is 25.4. The Morgan fingerprint density at radius 3 is 1.02 bits per heavy atom. The predicted octanol–water partition coefficient (Wildman–Crippen LogP) is 17.3. The standard InChI is InChI=1S/C50H46O3S6/c1-3-5-7-9-11-37-21-23-41(54-37)43-29-31-47(58-43)45-27-25-39(56-45)33-13-17-35(18-14-33)49(51)53-50(52)36-19-15-34(16-20-36)40-26-28-46(57-40)48-32-30-44(59-48)42-24-22-38(55-42)12-10-8-6-4-2/h13-32H,3-12H2,1-2H3. The second kappa shape index (κ2) is 19.9. The molecule has 0 fully saturated rings. The minimum Gasteiger partial charge on any atom is -0.386 e. The number of benzene rings is 2. The maximum Gasteiger partial charge on any atom is 0.346 e. The van der Waals surface area contributed by atoms with Gasteiger partial charge in [0.15, 0.2) is 0 Å². The Morgan fingerprint density at radius 1 is 0.356 bits per heavy atom. The van der Waals surface area contributed by atoms with E-state index in [9.17, 15) is 9.59 Å². The summed E-state index contributed by atoms with van der Waals surface area (Å²) in [6, 6.07) is 41.2. The second-order valence-corrected chi connectivity index (χ2v) is 21.3. The molecule has 0 aliphatic carbocycles. The van der Waals surface area contributed by atoms with E-state index in [1.165, 1.54) is 113 Å². The number of aryl methyl sites for hydroxylation is 2. The predicted molar refractivity (Wildman–Crippen MR) is 258 cm³/mol. The van der Waals surface area contributed by atoms with Crippen LogP contribution in [0.25, 0.3) is 59.9 Å². The van der Waals surface area contributed by atoms with Gasteiger partial charge in [0.2, 0.25) is 0 Å². The first-order chi connectivity index (χ1) is 28.9.